The van der Waals surface area contributed by atoms with Gasteiger partial charge in [-0.25, -0.2) is 39.1 Å². The fraction of sp³-hybridized carbons (Fsp3) is 0.304. The number of tetrazole rings is 4. The molecule has 13 rings (SSSR count). The van der Waals surface area contributed by atoms with Crippen LogP contribution >= 0.6 is 113 Å². The van der Waals surface area contributed by atoms with Crippen LogP contribution in [0.15, 0.2) is 86.9 Å². The molecular formula is C46H45IN20O8S8. The van der Waals surface area contributed by atoms with E-state index in [9.17, 15) is 19.2 Å². The number of aryl methyl sites for hydroxylation is 6. The summed E-state index contributed by atoms with van der Waals surface area (Å²) in [6.07, 6.45) is 3.89. The topological polar surface area (TPSA) is 299 Å². The fourth-order valence-corrected chi connectivity index (χ4v) is 14.1. The van der Waals surface area contributed by atoms with Gasteiger partial charge in [0.2, 0.25) is 0 Å². The Morgan fingerprint density at radius 2 is 0.831 bits per heavy atom. The molecule has 28 nitrogen and oxygen atoms in total. The Bertz CT molecular complexity index is 4430. The number of ether oxygens (including phenoxy) is 4. The highest BCUT2D eigenvalue weighted by Gasteiger charge is 2.30. The van der Waals surface area contributed by atoms with Crippen LogP contribution in [0.25, 0.3) is 20.0 Å². The average Bonchev–Trinajstić information content (AvgIpc) is 1.84. The second-order valence-corrected chi connectivity index (χ2v) is 24.9. The summed E-state index contributed by atoms with van der Waals surface area (Å²) in [6, 6.07) is 0. The summed E-state index contributed by atoms with van der Waals surface area (Å²) in [6.45, 7) is 5.09. The monoisotopic (exact) mass is 1400 g/mol. The van der Waals surface area contributed by atoms with Gasteiger partial charge in [-0.15, -0.1) is 64.1 Å². The number of thiophene rings is 4. The van der Waals surface area contributed by atoms with Crippen LogP contribution < -0.4 is 41.7 Å². The molecule has 0 amide bonds. The molecule has 0 N–H and O–H groups in total. The van der Waals surface area contributed by atoms with Crippen LogP contribution in [0.4, 0.5) is 0 Å². The Morgan fingerprint density at radius 3 is 1.22 bits per heavy atom. The number of rotatable bonds is 18. The van der Waals surface area contributed by atoms with Gasteiger partial charge in [0.15, 0.2) is 0 Å². The van der Waals surface area contributed by atoms with Crippen molar-refractivity contribution in [3.63, 3.8) is 0 Å². The van der Waals surface area contributed by atoms with Crippen LogP contribution in [-0.2, 0) is 61.0 Å². The molecule has 12 heterocycles. The molecule has 37 heteroatoms. The maximum absolute atomic E-state index is 12.1. The molecule has 83 heavy (non-hydrogen) atoms. The van der Waals surface area contributed by atoms with Crippen molar-refractivity contribution in [2.75, 3.05) is 0 Å². The van der Waals surface area contributed by atoms with Crippen molar-refractivity contribution in [2.45, 2.75) is 65.5 Å². The van der Waals surface area contributed by atoms with Crippen molar-refractivity contribution in [1.82, 2.24) is 99.1 Å². The van der Waals surface area contributed by atoms with Gasteiger partial charge in [-0.05, 0) is 129 Å². The van der Waals surface area contributed by atoms with Crippen LogP contribution in [-0.4, -0.2) is 99.1 Å². The summed E-state index contributed by atoms with van der Waals surface area (Å²) in [7, 11) is 6.23. The Hall–Kier alpha value is -7.27. The Morgan fingerprint density at radius 1 is 0.482 bits per heavy atom. The summed E-state index contributed by atoms with van der Waals surface area (Å²) in [5.41, 5.74) is 5.71. The predicted molar refractivity (Wildman–Crippen MR) is 322 cm³/mol. The molecule has 0 unspecified atom stereocenters. The molecular weight excluding hydrogens is 1340 g/mol. The summed E-state index contributed by atoms with van der Waals surface area (Å²) >= 11 is 13.0. The van der Waals surface area contributed by atoms with E-state index in [-0.39, 0.29) is 67.3 Å². The molecule has 12 aromatic heterocycles. The van der Waals surface area contributed by atoms with E-state index in [1.807, 2.05) is 30.0 Å². The maximum Gasteiger partial charge on any atom is 0.368 e. The molecule has 0 bridgehead atoms. The minimum atomic E-state index is -0.308. The zero-order valence-corrected chi connectivity index (χ0v) is 52.7. The Balaban J connectivity index is 0.000000129. The third kappa shape index (κ3) is 13.7. The molecule has 1 saturated carbocycles. The van der Waals surface area contributed by atoms with Gasteiger partial charge in [0.05, 0.1) is 5.48 Å². The minimum Gasteiger partial charge on any atom is -0.465 e. The first-order chi connectivity index (χ1) is 41.8. The van der Waals surface area contributed by atoms with Crippen LogP contribution in [0.1, 0.15) is 70.1 Å². The van der Waals surface area contributed by atoms with Crippen LogP contribution in [0, 0.1) is 10.5 Å². The summed E-state index contributed by atoms with van der Waals surface area (Å²) in [5, 5.41) is 49.4. The lowest BCUT2D eigenvalue weighted by Crippen LogP contribution is -2.22. The van der Waals surface area contributed by atoms with Crippen LogP contribution in [0.3, 0.4) is 0 Å². The first-order valence-corrected chi connectivity index (χ1v) is 32.2. The van der Waals surface area contributed by atoms with E-state index in [2.05, 4.69) is 89.6 Å². The SMILES string of the molecule is [3H]c1csc(OCc2c(C)csc2-n2nnn(C)c2=O)n1.[3H]c1csc(OCc2c(C3CC3)csc2-n2nnn(C)c2=O)n1.[3H]c1csc(OCc2c(CC)csc2-n2nnn(C)c2=O)n1.[3H]c1csc(OCc2c(I)csc2-n2nnn(C)c2=O)n1. The van der Waals surface area contributed by atoms with Crippen molar-refractivity contribution < 1.29 is 24.4 Å². The van der Waals surface area contributed by atoms with Gasteiger partial charge in [0.25, 0.3) is 20.8 Å². The number of hydrogen-bond donors (Lipinski definition) is 0. The quantitative estimate of drug-likeness (QED) is 0.0816. The molecule has 0 atom stereocenters. The molecule has 0 radical (unpaired) electrons. The molecule has 432 valence electrons. The number of nitrogens with zero attached hydrogens (tertiary/aromatic N) is 20. The predicted octanol–water partition coefficient (Wildman–Crippen LogP) is 6.60. The van der Waals surface area contributed by atoms with E-state index < -0.39 is 0 Å². The maximum atomic E-state index is 12.1. The normalized spacial score (nSPS) is 12.5. The van der Waals surface area contributed by atoms with Gasteiger partial charge >= 0.3 is 22.8 Å². The summed E-state index contributed by atoms with van der Waals surface area (Å²) in [5.74, 6) is 0.536. The molecule has 1 fully saturated rings. The molecule has 12 aromatic rings. The lowest BCUT2D eigenvalue weighted by molar-refractivity contribution is 0.303. The number of thiazole rings is 4. The first-order valence-electron chi connectivity index (χ1n) is 26.0. The van der Waals surface area contributed by atoms with E-state index in [0.717, 1.165) is 61.2 Å². The number of hydrogen-bond acceptors (Lipinski definition) is 28. The largest absolute Gasteiger partial charge is 0.465 e. The first kappa shape index (κ1) is 53.7. The van der Waals surface area contributed by atoms with Gasteiger partial charge in [0.1, 0.15) is 46.4 Å². The van der Waals surface area contributed by atoms with Gasteiger partial charge in [-0.1, -0.05) is 52.3 Å². The van der Waals surface area contributed by atoms with Crippen molar-refractivity contribution in [1.29, 1.82) is 0 Å². The third-order valence-corrected chi connectivity index (χ3v) is 19.7. The highest BCUT2D eigenvalue weighted by atomic mass is 127. The smallest absolute Gasteiger partial charge is 0.368 e. The van der Waals surface area contributed by atoms with Gasteiger partial charge in [-0.2, -0.15) is 18.7 Å². The van der Waals surface area contributed by atoms with Gasteiger partial charge in [-0.3, -0.25) is 0 Å². The average molecular weight is 1400 g/mol. The van der Waals surface area contributed by atoms with E-state index >= 15 is 0 Å². The zero-order chi connectivity index (χ0) is 61.6. The Labute approximate surface area is 519 Å². The van der Waals surface area contributed by atoms with Crippen molar-refractivity contribution in [3.8, 4) is 40.8 Å². The second kappa shape index (κ2) is 27.0. The van der Waals surface area contributed by atoms with Crippen LogP contribution in [0.5, 0.6) is 20.8 Å². The standard InChI is InChI=1S/C13H13N5O2S2.C12H13N5O2S2.C11H11N5O2S2.C10H8IN5O2S2/c1-17-13(19)18(16-15-17)11-9(6-20-12-14-4-5-21-12)10(7-22-11)8-2-3-8;1-3-8-7-21-10(17-12(18)16(2)14-15-17)9(8)6-19-11-13-4-5-20-11;1-7-6-20-9(16-11(17)15(2)13-14-16)8(7)5-18-10-12-3-4-19-10;1-15-10(17)16(14-13-15)8-6(7(11)5-20-8)4-18-9-12-2-3-19-9/h4-5,7-8H,2-3,6H2,1H3;4-5,7H,3,6H2,1-2H3;3-4,6H,5H2,1-2H3;2-3,5H,4H2,1H3/i2*4T;3T;2T. The lowest BCUT2D eigenvalue weighted by Gasteiger charge is -2.06. The van der Waals surface area contributed by atoms with Gasteiger partial charge < -0.3 is 18.9 Å². The second-order valence-electron chi connectivity index (χ2n) is 17.0. The van der Waals surface area contributed by atoms with Gasteiger partial charge in [0, 0.05) is 106 Å². The van der Waals surface area contributed by atoms with E-state index in [1.165, 1.54) is 134 Å². The summed E-state index contributed by atoms with van der Waals surface area (Å²) in [4.78, 5) is 63.8. The summed E-state index contributed by atoms with van der Waals surface area (Å²) < 4.78 is 63.0. The molecule has 1 aliphatic carbocycles. The fourth-order valence-electron chi connectivity index (χ4n) is 7.24. The highest BCUT2D eigenvalue weighted by Crippen LogP contribution is 2.45. The van der Waals surface area contributed by atoms with Crippen molar-refractivity contribution in [3.05, 3.63) is 152 Å². The number of aromatic nitrogens is 20. The minimum absolute atomic E-state index is 0.181. The molecule has 0 aromatic carbocycles. The lowest BCUT2D eigenvalue weighted by atomic mass is 10.1. The Kier molecular flexibility index (Phi) is 17.5. The molecule has 0 spiro atoms. The van der Waals surface area contributed by atoms with Crippen molar-refractivity contribution in [2.24, 2.45) is 28.2 Å². The highest BCUT2D eigenvalue weighted by molar-refractivity contribution is 14.1. The molecule has 0 saturated heterocycles. The molecule has 1 aliphatic rings. The van der Waals surface area contributed by atoms with Crippen molar-refractivity contribution >= 4 is 113 Å². The van der Waals surface area contributed by atoms with Crippen LogP contribution in [0.2, 0.25) is 0 Å². The van der Waals surface area contributed by atoms with E-state index in [1.54, 1.807) is 49.7 Å². The van der Waals surface area contributed by atoms with E-state index in [4.69, 9.17) is 24.4 Å². The molecule has 0 aliphatic heterocycles. The van der Waals surface area contributed by atoms with E-state index in [0.29, 0.717) is 48.3 Å². The number of halogens is 1. The zero-order valence-electron chi connectivity index (χ0n) is 48.0. The third-order valence-electron chi connectivity index (χ3n) is 11.7.